The molecule has 0 aliphatic carbocycles. The van der Waals surface area contributed by atoms with Crippen molar-refractivity contribution in [2.75, 3.05) is 0 Å². The first-order valence-corrected chi connectivity index (χ1v) is 3.17. The van der Waals surface area contributed by atoms with Crippen LogP contribution in [0, 0.1) is 12.8 Å². The maximum atomic E-state index is 3.26. The van der Waals surface area contributed by atoms with Crippen molar-refractivity contribution in [3.05, 3.63) is 28.7 Å². The van der Waals surface area contributed by atoms with E-state index >= 15 is 0 Å². The zero-order chi connectivity index (χ0) is 4.41. The van der Waals surface area contributed by atoms with Crippen molar-refractivity contribution in [2.45, 2.75) is 0 Å². The number of halogens is 1. The summed E-state index contributed by atoms with van der Waals surface area (Å²) >= 11 is 4.83. The molecule has 0 saturated carbocycles. The molecule has 0 spiro atoms. The molecule has 1 heterocycles. The molecule has 1 rings (SSSR count). The minimum Gasteiger partial charge on any atom is -0.358 e. The van der Waals surface area contributed by atoms with Gasteiger partial charge in [-0.15, -0.1) is 31.2 Å². The molecule has 0 fully saturated rings. The van der Waals surface area contributed by atoms with Crippen LogP contribution in [0.2, 0.25) is 0 Å². The van der Waals surface area contributed by atoms with Gasteiger partial charge in [0.25, 0.3) is 0 Å². The van der Waals surface area contributed by atoms with Gasteiger partial charge in [-0.05, 0) is 0 Å². The molecule has 58 valence electrons. The Morgan fingerprint density at radius 2 is 2.00 bits per heavy atom. The van der Waals surface area contributed by atoms with Crippen LogP contribution in [0.5, 0.6) is 0 Å². The quantitative estimate of drug-likeness (QED) is 0.646. The fourth-order valence-electron chi connectivity index (χ4n) is 0.215. The molecular formula is C5H5BrCo2S-2. The van der Waals surface area contributed by atoms with Gasteiger partial charge in [0.05, 0.1) is 0 Å². The Morgan fingerprint density at radius 3 is 2.11 bits per heavy atom. The Morgan fingerprint density at radius 1 is 1.44 bits per heavy atom. The Balaban J connectivity index is -0.000000120. The largest absolute Gasteiger partial charge is 0.358 e. The zero-order valence-electron chi connectivity index (χ0n) is 4.61. The van der Waals surface area contributed by atoms with Gasteiger partial charge in [-0.25, -0.2) is 0 Å². The molecule has 0 unspecified atom stereocenters. The number of thiophene rings is 1. The summed E-state index contributed by atoms with van der Waals surface area (Å²) in [5.74, 6) is 0. The van der Waals surface area contributed by atoms with Gasteiger partial charge < -0.3 is 18.8 Å². The summed E-state index contributed by atoms with van der Waals surface area (Å²) in [7, 11) is 0. The SMILES string of the molecule is Brc1c[c-]sc1.[CH3-].[Co].[Co]. The van der Waals surface area contributed by atoms with Crippen molar-refractivity contribution < 1.29 is 33.6 Å². The molecule has 0 aromatic carbocycles. The van der Waals surface area contributed by atoms with Crippen molar-refractivity contribution in [3.63, 3.8) is 0 Å². The predicted octanol–water partition coefficient (Wildman–Crippen LogP) is 2.76. The van der Waals surface area contributed by atoms with Crippen molar-refractivity contribution in [3.8, 4) is 0 Å². The predicted molar refractivity (Wildman–Crippen MR) is 37.3 cm³/mol. The molecule has 0 bridgehead atoms. The second-order valence-electron chi connectivity index (χ2n) is 0.883. The van der Waals surface area contributed by atoms with E-state index in [0.717, 1.165) is 4.47 Å². The Hall–Kier alpha value is 1.19. The van der Waals surface area contributed by atoms with Crippen LogP contribution in [0.4, 0.5) is 0 Å². The first-order chi connectivity index (χ1) is 2.89. The van der Waals surface area contributed by atoms with E-state index in [1.54, 1.807) is 11.3 Å². The average Bonchev–Trinajstić information content (AvgIpc) is 1.86. The van der Waals surface area contributed by atoms with Crippen LogP contribution in [0.25, 0.3) is 0 Å². The molecule has 0 nitrogen and oxygen atoms in total. The summed E-state index contributed by atoms with van der Waals surface area (Å²) in [5.41, 5.74) is 0. The molecule has 9 heavy (non-hydrogen) atoms. The second-order valence-corrected chi connectivity index (χ2v) is 2.51. The van der Waals surface area contributed by atoms with Gasteiger partial charge in [-0.2, -0.15) is 6.07 Å². The van der Waals surface area contributed by atoms with Crippen LogP contribution >= 0.6 is 27.3 Å². The zero-order valence-corrected chi connectivity index (χ0v) is 9.09. The van der Waals surface area contributed by atoms with Gasteiger partial charge in [0, 0.05) is 33.6 Å². The van der Waals surface area contributed by atoms with Crippen LogP contribution in [0.15, 0.2) is 15.9 Å². The summed E-state index contributed by atoms with van der Waals surface area (Å²) in [6, 6.07) is 1.89. The van der Waals surface area contributed by atoms with E-state index in [1.807, 2.05) is 11.4 Å². The molecule has 0 amide bonds. The molecule has 0 aliphatic rings. The Kier molecular flexibility index (Phi) is 17.0. The molecule has 1 aromatic heterocycles. The second kappa shape index (κ2) is 9.19. The number of hydrogen-bond donors (Lipinski definition) is 0. The van der Waals surface area contributed by atoms with Gasteiger partial charge in [0.1, 0.15) is 0 Å². The van der Waals surface area contributed by atoms with Crippen LogP contribution in [-0.4, -0.2) is 0 Å². The minimum absolute atomic E-state index is 0. The topological polar surface area (TPSA) is 0 Å². The molecule has 0 atom stereocenters. The molecule has 2 radical (unpaired) electrons. The number of hydrogen-bond acceptors (Lipinski definition) is 1. The van der Waals surface area contributed by atoms with E-state index in [9.17, 15) is 0 Å². The van der Waals surface area contributed by atoms with E-state index in [1.165, 1.54) is 0 Å². The Labute approximate surface area is 89.0 Å². The molecule has 0 saturated heterocycles. The fourth-order valence-corrected chi connectivity index (χ4v) is 1.20. The first-order valence-electron chi connectivity index (χ1n) is 1.49. The summed E-state index contributed by atoms with van der Waals surface area (Å²) in [6.45, 7) is 0. The van der Waals surface area contributed by atoms with Crippen LogP contribution < -0.4 is 0 Å². The normalized spacial score (nSPS) is 5.89. The smallest absolute Gasteiger partial charge is 0 e. The monoisotopic (exact) mass is 294 g/mol. The third-order valence-electron chi connectivity index (χ3n) is 0.436. The van der Waals surface area contributed by atoms with Gasteiger partial charge in [0.2, 0.25) is 0 Å². The van der Waals surface area contributed by atoms with Crippen LogP contribution in [-0.2, 0) is 33.6 Å². The summed E-state index contributed by atoms with van der Waals surface area (Å²) in [4.78, 5) is 0. The van der Waals surface area contributed by atoms with E-state index in [0.29, 0.717) is 0 Å². The van der Waals surface area contributed by atoms with Gasteiger partial charge in [-0.1, -0.05) is 0 Å². The third-order valence-corrected chi connectivity index (χ3v) is 1.82. The van der Waals surface area contributed by atoms with Crippen molar-refractivity contribution in [1.82, 2.24) is 0 Å². The van der Waals surface area contributed by atoms with Crippen molar-refractivity contribution >= 4 is 27.3 Å². The van der Waals surface area contributed by atoms with Gasteiger partial charge in [0.15, 0.2) is 0 Å². The minimum atomic E-state index is 0. The summed E-state index contributed by atoms with van der Waals surface area (Å²) < 4.78 is 1.12. The molecule has 4 heteroatoms. The summed E-state index contributed by atoms with van der Waals surface area (Å²) in [5, 5.41) is 4.91. The van der Waals surface area contributed by atoms with Crippen LogP contribution in [0.3, 0.4) is 0 Å². The van der Waals surface area contributed by atoms with Crippen molar-refractivity contribution in [2.24, 2.45) is 0 Å². The first kappa shape index (κ1) is 16.6. The standard InChI is InChI=1S/C4H2BrS.CH3.2Co/c5-4-1-2-6-3-4;;;/h1,3H;1H3;;/q2*-1;;. The fraction of sp³-hybridized carbons (Fsp3) is 0. The van der Waals surface area contributed by atoms with Crippen molar-refractivity contribution in [1.29, 1.82) is 0 Å². The van der Waals surface area contributed by atoms with Gasteiger partial charge in [-0.3, -0.25) is 0 Å². The average molecular weight is 295 g/mol. The van der Waals surface area contributed by atoms with Gasteiger partial charge >= 0.3 is 0 Å². The third kappa shape index (κ3) is 7.09. The maximum Gasteiger partial charge on any atom is 0 e. The molecule has 0 N–H and O–H groups in total. The molecule has 0 aliphatic heterocycles. The molecule has 1 aromatic rings. The molecular weight excluding hydrogens is 290 g/mol. The maximum absolute atomic E-state index is 3.26. The van der Waals surface area contributed by atoms with E-state index in [-0.39, 0.29) is 41.0 Å². The van der Waals surface area contributed by atoms with E-state index < -0.39 is 0 Å². The summed E-state index contributed by atoms with van der Waals surface area (Å²) in [6.07, 6.45) is 0. The van der Waals surface area contributed by atoms with E-state index in [2.05, 4.69) is 21.3 Å². The number of rotatable bonds is 0. The Bertz CT molecular complexity index is 119. The van der Waals surface area contributed by atoms with E-state index in [4.69, 9.17) is 0 Å². The van der Waals surface area contributed by atoms with Crippen LogP contribution in [0.1, 0.15) is 0 Å².